The second-order valence-electron chi connectivity index (χ2n) is 3.76. The molecule has 3 nitrogen and oxygen atoms in total. The fourth-order valence-corrected chi connectivity index (χ4v) is 1.51. The average Bonchev–Trinajstić information content (AvgIpc) is 2.34. The average molecular weight is 260 g/mol. The summed E-state index contributed by atoms with van der Waals surface area (Å²) in [6.07, 6.45) is -4.38. The van der Waals surface area contributed by atoms with Crippen LogP contribution in [-0.4, -0.2) is 37.1 Å². The second-order valence-corrected chi connectivity index (χ2v) is 3.76. The molecule has 1 aromatic rings. The van der Waals surface area contributed by atoms with Crippen molar-refractivity contribution in [3.05, 3.63) is 29.8 Å². The van der Waals surface area contributed by atoms with E-state index < -0.39 is 18.6 Å². The molecule has 0 bridgehead atoms. The highest BCUT2D eigenvalue weighted by atomic mass is 19.4. The van der Waals surface area contributed by atoms with Gasteiger partial charge in [0.25, 0.3) is 5.91 Å². The summed E-state index contributed by atoms with van der Waals surface area (Å²) in [5.41, 5.74) is 1.05. The first-order valence-corrected chi connectivity index (χ1v) is 5.51. The van der Waals surface area contributed by atoms with E-state index in [1.54, 1.807) is 19.2 Å². The molecule has 0 spiro atoms. The number of hydrogen-bond acceptors (Lipinski definition) is 2. The van der Waals surface area contributed by atoms with Gasteiger partial charge in [0, 0.05) is 24.8 Å². The van der Waals surface area contributed by atoms with Crippen molar-refractivity contribution in [3.63, 3.8) is 0 Å². The lowest BCUT2D eigenvalue weighted by Crippen LogP contribution is -2.38. The zero-order chi connectivity index (χ0) is 13.8. The number of carbonyl (C=O) groups is 1. The smallest absolute Gasteiger partial charge is 0.388 e. The molecule has 0 aliphatic carbocycles. The number of hydrogen-bond donors (Lipinski definition) is 1. The second kappa shape index (κ2) is 5.75. The van der Waals surface area contributed by atoms with Crippen molar-refractivity contribution in [1.82, 2.24) is 4.90 Å². The third-order valence-corrected chi connectivity index (χ3v) is 2.46. The van der Waals surface area contributed by atoms with Crippen LogP contribution in [0.5, 0.6) is 0 Å². The number of anilines is 1. The van der Waals surface area contributed by atoms with Gasteiger partial charge in [0.15, 0.2) is 0 Å². The Morgan fingerprint density at radius 2 is 1.83 bits per heavy atom. The molecule has 0 aliphatic heterocycles. The van der Waals surface area contributed by atoms with Crippen molar-refractivity contribution in [2.24, 2.45) is 0 Å². The van der Waals surface area contributed by atoms with E-state index in [9.17, 15) is 18.0 Å². The van der Waals surface area contributed by atoms with Crippen LogP contribution in [0.25, 0.3) is 0 Å². The SMILES string of the molecule is CCN(CC(F)(F)F)C(=O)c1ccc(NC)cc1. The van der Waals surface area contributed by atoms with Gasteiger partial charge in [-0.25, -0.2) is 0 Å². The van der Waals surface area contributed by atoms with E-state index in [-0.39, 0.29) is 12.1 Å². The lowest BCUT2D eigenvalue weighted by molar-refractivity contribution is -0.140. The molecule has 6 heteroatoms. The molecule has 1 N–H and O–H groups in total. The fraction of sp³-hybridized carbons (Fsp3) is 0.417. The molecule has 1 rings (SSSR count). The molecule has 1 aromatic carbocycles. The number of alkyl halides is 3. The molecular formula is C12H15F3N2O. The molecule has 100 valence electrons. The summed E-state index contributed by atoms with van der Waals surface area (Å²) < 4.78 is 36.9. The van der Waals surface area contributed by atoms with Crippen LogP contribution in [0.1, 0.15) is 17.3 Å². The first-order chi connectivity index (χ1) is 8.37. The van der Waals surface area contributed by atoms with Crippen molar-refractivity contribution < 1.29 is 18.0 Å². The number of nitrogens with one attached hydrogen (secondary N) is 1. The van der Waals surface area contributed by atoms with Gasteiger partial charge in [0.2, 0.25) is 0 Å². The molecule has 1 amide bonds. The monoisotopic (exact) mass is 260 g/mol. The minimum atomic E-state index is -4.38. The van der Waals surface area contributed by atoms with Crippen LogP contribution >= 0.6 is 0 Å². The lowest BCUT2D eigenvalue weighted by Gasteiger charge is -2.22. The van der Waals surface area contributed by atoms with Crippen molar-refractivity contribution >= 4 is 11.6 Å². The molecule has 0 saturated heterocycles. The van der Waals surface area contributed by atoms with Crippen LogP contribution in [0.3, 0.4) is 0 Å². The van der Waals surface area contributed by atoms with Gasteiger partial charge in [0.1, 0.15) is 6.54 Å². The normalized spacial score (nSPS) is 11.2. The summed E-state index contributed by atoms with van der Waals surface area (Å²) in [7, 11) is 1.72. The van der Waals surface area contributed by atoms with E-state index in [0.717, 1.165) is 10.6 Å². The Bertz CT molecular complexity index is 401. The Kier molecular flexibility index (Phi) is 4.58. The summed E-state index contributed by atoms with van der Waals surface area (Å²) in [5, 5.41) is 2.87. The number of halogens is 3. The number of carbonyl (C=O) groups excluding carboxylic acids is 1. The summed E-state index contributed by atoms with van der Waals surface area (Å²) in [5.74, 6) is -0.613. The van der Waals surface area contributed by atoms with Gasteiger partial charge in [0.05, 0.1) is 0 Å². The Morgan fingerprint density at radius 1 is 1.28 bits per heavy atom. The van der Waals surface area contributed by atoms with E-state index in [2.05, 4.69) is 5.32 Å². The van der Waals surface area contributed by atoms with Crippen LogP contribution in [0.4, 0.5) is 18.9 Å². The van der Waals surface area contributed by atoms with E-state index in [1.165, 1.54) is 19.1 Å². The molecule has 0 aromatic heterocycles. The largest absolute Gasteiger partial charge is 0.406 e. The third kappa shape index (κ3) is 3.94. The predicted molar refractivity (Wildman–Crippen MR) is 63.6 cm³/mol. The van der Waals surface area contributed by atoms with E-state index in [1.807, 2.05) is 0 Å². The summed E-state index contributed by atoms with van der Waals surface area (Å²) >= 11 is 0. The van der Waals surface area contributed by atoms with Crippen LogP contribution in [0.2, 0.25) is 0 Å². The minimum Gasteiger partial charge on any atom is -0.388 e. The topological polar surface area (TPSA) is 32.3 Å². The highest BCUT2D eigenvalue weighted by Gasteiger charge is 2.32. The van der Waals surface area contributed by atoms with Gasteiger partial charge < -0.3 is 10.2 Å². The zero-order valence-corrected chi connectivity index (χ0v) is 10.2. The van der Waals surface area contributed by atoms with Gasteiger partial charge in [-0.3, -0.25) is 4.79 Å². The molecule has 0 unspecified atom stereocenters. The van der Waals surface area contributed by atoms with Crippen LogP contribution < -0.4 is 5.32 Å². The number of benzene rings is 1. The van der Waals surface area contributed by atoms with E-state index in [4.69, 9.17) is 0 Å². The highest BCUT2D eigenvalue weighted by Crippen LogP contribution is 2.18. The maximum absolute atomic E-state index is 12.3. The van der Waals surface area contributed by atoms with Crippen LogP contribution in [-0.2, 0) is 0 Å². The Hall–Kier alpha value is -1.72. The molecular weight excluding hydrogens is 245 g/mol. The third-order valence-electron chi connectivity index (χ3n) is 2.46. The van der Waals surface area contributed by atoms with Crippen molar-refractivity contribution in [2.45, 2.75) is 13.1 Å². The number of nitrogens with zero attached hydrogens (tertiary/aromatic N) is 1. The zero-order valence-electron chi connectivity index (χ0n) is 10.2. The van der Waals surface area contributed by atoms with Gasteiger partial charge in [-0.05, 0) is 31.2 Å². The van der Waals surface area contributed by atoms with Gasteiger partial charge in [-0.15, -0.1) is 0 Å². The van der Waals surface area contributed by atoms with Gasteiger partial charge in [-0.2, -0.15) is 13.2 Å². The Labute approximate surface area is 104 Å². The summed E-state index contributed by atoms with van der Waals surface area (Å²) in [4.78, 5) is 12.6. The van der Waals surface area contributed by atoms with E-state index >= 15 is 0 Å². The molecule has 0 heterocycles. The number of amides is 1. The molecule has 0 saturated carbocycles. The van der Waals surface area contributed by atoms with Crippen LogP contribution in [0.15, 0.2) is 24.3 Å². The highest BCUT2D eigenvalue weighted by molar-refractivity contribution is 5.94. The number of rotatable bonds is 4. The molecule has 0 atom stereocenters. The van der Waals surface area contributed by atoms with Crippen molar-refractivity contribution in [1.29, 1.82) is 0 Å². The van der Waals surface area contributed by atoms with Crippen LogP contribution in [0, 0.1) is 0 Å². The Morgan fingerprint density at radius 3 is 2.22 bits per heavy atom. The Balaban J connectivity index is 2.82. The molecule has 18 heavy (non-hydrogen) atoms. The van der Waals surface area contributed by atoms with Crippen molar-refractivity contribution in [2.75, 3.05) is 25.5 Å². The van der Waals surface area contributed by atoms with Gasteiger partial charge in [-0.1, -0.05) is 0 Å². The molecule has 0 radical (unpaired) electrons. The van der Waals surface area contributed by atoms with E-state index in [0.29, 0.717) is 0 Å². The minimum absolute atomic E-state index is 0.0200. The predicted octanol–water partition coefficient (Wildman–Crippen LogP) is 2.75. The quantitative estimate of drug-likeness (QED) is 0.902. The molecule has 0 fully saturated rings. The molecule has 0 aliphatic rings. The lowest BCUT2D eigenvalue weighted by atomic mass is 10.2. The fourth-order valence-electron chi connectivity index (χ4n) is 1.51. The van der Waals surface area contributed by atoms with Gasteiger partial charge >= 0.3 is 6.18 Å². The maximum atomic E-state index is 12.3. The first-order valence-electron chi connectivity index (χ1n) is 5.51. The maximum Gasteiger partial charge on any atom is 0.406 e. The summed E-state index contributed by atoms with van der Waals surface area (Å²) in [6.45, 7) is 0.313. The first kappa shape index (κ1) is 14.3. The standard InChI is InChI=1S/C12H15F3N2O/c1-3-17(8-12(13,14)15)11(18)9-4-6-10(16-2)7-5-9/h4-7,16H,3,8H2,1-2H3. The summed E-state index contributed by atoms with van der Waals surface area (Å²) in [6, 6.07) is 6.31. The van der Waals surface area contributed by atoms with Crippen molar-refractivity contribution in [3.8, 4) is 0 Å².